The summed E-state index contributed by atoms with van der Waals surface area (Å²) < 4.78 is 5.90. The van der Waals surface area contributed by atoms with Crippen LogP contribution in [0.3, 0.4) is 0 Å². The fraction of sp³-hybridized carbons (Fsp3) is 1.00. The molecule has 8 heavy (non-hydrogen) atoms. The zero-order chi connectivity index (χ0) is 5.86. The molecule has 4 heteroatoms. The molecule has 0 saturated carbocycles. The van der Waals surface area contributed by atoms with Crippen molar-refractivity contribution in [3.05, 3.63) is 0 Å². The lowest BCUT2D eigenvalue weighted by Gasteiger charge is -2.06. The van der Waals surface area contributed by atoms with Crippen LogP contribution in [0.5, 0.6) is 0 Å². The molecule has 0 aromatic carbocycles. The molecule has 0 N–H and O–H groups in total. The van der Waals surface area contributed by atoms with Crippen LogP contribution in [-0.2, 0) is 4.74 Å². The van der Waals surface area contributed by atoms with Gasteiger partial charge in [-0.3, -0.25) is 0 Å². The Morgan fingerprint density at radius 1 is 1.12 bits per heavy atom. The Morgan fingerprint density at radius 2 is 1.38 bits per heavy atom. The van der Waals surface area contributed by atoms with Gasteiger partial charge in [0, 0.05) is 23.1 Å². The zero-order valence-electron chi connectivity index (χ0n) is 5.03. The Kier molecular flexibility index (Phi) is 11.7. The van der Waals surface area contributed by atoms with Crippen molar-refractivity contribution in [3.63, 3.8) is 0 Å². The lowest BCUT2D eigenvalue weighted by molar-refractivity contribution is 0.135. The van der Waals surface area contributed by atoms with Gasteiger partial charge in [0.2, 0.25) is 0 Å². The summed E-state index contributed by atoms with van der Waals surface area (Å²) in [5.74, 6) is 0. The summed E-state index contributed by atoms with van der Waals surface area (Å²) in [5.41, 5.74) is 0. The van der Waals surface area contributed by atoms with Gasteiger partial charge in [0.25, 0.3) is 0 Å². The summed E-state index contributed by atoms with van der Waals surface area (Å²) in [5, 5.41) is 0. The Hall–Kier alpha value is 2.19. The number of alkyl halides is 2. The fourth-order valence-corrected chi connectivity index (χ4v) is 1.70. The average Bonchev–Trinajstić information content (AvgIpc) is 1.27. The Labute approximate surface area is 93.7 Å². The normalized spacial score (nSPS) is 16.5. The molecule has 46 valence electrons. The molecule has 2 radical (unpaired) electrons. The van der Waals surface area contributed by atoms with Gasteiger partial charge in [-0.2, -0.15) is 0 Å². The first-order valence-corrected chi connectivity index (χ1v) is 4.55. The lowest BCUT2D eigenvalue weighted by Crippen LogP contribution is -2.03. The molecule has 2 unspecified atom stereocenters. The third-order valence-electron chi connectivity index (χ3n) is 0.375. The third kappa shape index (κ3) is 11.0. The van der Waals surface area contributed by atoms with Crippen LogP contribution in [0.15, 0.2) is 0 Å². The summed E-state index contributed by atoms with van der Waals surface area (Å²) in [7, 11) is 0. The average molecular weight is 350 g/mol. The summed E-state index contributed by atoms with van der Waals surface area (Å²) in [6, 6.07) is 0. The summed E-state index contributed by atoms with van der Waals surface area (Å²) in [6.07, 6.45) is 0. The molecule has 0 bridgehead atoms. The van der Waals surface area contributed by atoms with Gasteiger partial charge < -0.3 is 4.74 Å². The molecule has 0 rings (SSSR count). The van der Waals surface area contributed by atoms with Gasteiger partial charge in [-0.05, 0) is 13.8 Å². The smallest absolute Gasteiger partial charge is 0.107 e. The van der Waals surface area contributed by atoms with Crippen LogP contribution in [-0.4, -0.2) is 31.3 Å². The molecule has 0 aromatic heterocycles. The van der Waals surface area contributed by atoms with Crippen LogP contribution in [0.4, 0.5) is 0 Å². The van der Waals surface area contributed by atoms with Crippen molar-refractivity contribution in [1.29, 1.82) is 0 Å². The van der Waals surface area contributed by atoms with E-state index in [9.17, 15) is 0 Å². The van der Waals surface area contributed by atoms with Crippen LogP contribution >= 0.6 is 45.2 Å². The molecular weight excluding hydrogens is 342 g/mol. The van der Waals surface area contributed by atoms with Crippen molar-refractivity contribution < 1.29 is 4.74 Å². The highest BCUT2D eigenvalue weighted by molar-refractivity contribution is 14.1. The first kappa shape index (κ1) is 12.8. The SMILES string of the molecule is CC(I)OC(C)I.[Mg]. The van der Waals surface area contributed by atoms with E-state index in [1.165, 1.54) is 0 Å². The number of ether oxygens (including phenoxy) is 1. The standard InChI is InChI=1S/C4H8I2O.Mg/c1-3(5)7-4(2)6;/h3-4H,1-2H3;. The van der Waals surface area contributed by atoms with Crippen molar-refractivity contribution in [2.75, 3.05) is 0 Å². The van der Waals surface area contributed by atoms with E-state index in [1.54, 1.807) is 0 Å². The number of hydrogen-bond acceptors (Lipinski definition) is 1. The van der Waals surface area contributed by atoms with E-state index in [-0.39, 0.29) is 23.1 Å². The molecule has 0 saturated heterocycles. The van der Waals surface area contributed by atoms with Crippen molar-refractivity contribution in [2.45, 2.75) is 22.1 Å². The van der Waals surface area contributed by atoms with Gasteiger partial charge in [0.05, 0.1) is 0 Å². The first-order valence-electron chi connectivity index (χ1n) is 2.06. The van der Waals surface area contributed by atoms with Crippen LogP contribution in [0.1, 0.15) is 13.8 Å². The van der Waals surface area contributed by atoms with E-state index in [2.05, 4.69) is 45.2 Å². The van der Waals surface area contributed by atoms with Gasteiger partial charge in [0.1, 0.15) is 8.22 Å². The quantitative estimate of drug-likeness (QED) is 0.422. The van der Waals surface area contributed by atoms with Gasteiger partial charge >= 0.3 is 0 Å². The Morgan fingerprint density at radius 3 is 1.38 bits per heavy atom. The van der Waals surface area contributed by atoms with Gasteiger partial charge in [-0.25, -0.2) is 0 Å². The highest BCUT2D eigenvalue weighted by Crippen LogP contribution is 2.08. The largest absolute Gasteiger partial charge is 0.355 e. The van der Waals surface area contributed by atoms with E-state index in [0.717, 1.165) is 0 Å². The topological polar surface area (TPSA) is 9.23 Å². The zero-order valence-corrected chi connectivity index (χ0v) is 10.8. The van der Waals surface area contributed by atoms with E-state index < -0.39 is 0 Å². The molecule has 2 atom stereocenters. The van der Waals surface area contributed by atoms with E-state index in [4.69, 9.17) is 4.74 Å². The predicted molar refractivity (Wildman–Crippen MR) is 53.8 cm³/mol. The molecule has 0 aliphatic rings. The fourth-order valence-electron chi connectivity index (χ4n) is 0.258. The highest BCUT2D eigenvalue weighted by atomic mass is 127. The monoisotopic (exact) mass is 350 g/mol. The molecule has 0 aliphatic heterocycles. The molecular formula is C4H8I2MgO. The molecule has 0 fully saturated rings. The maximum absolute atomic E-state index is 5.22. The molecule has 0 amide bonds. The highest BCUT2D eigenvalue weighted by Gasteiger charge is 1.97. The second kappa shape index (κ2) is 7.30. The molecule has 0 heterocycles. The summed E-state index contributed by atoms with van der Waals surface area (Å²) in [6.45, 7) is 4.05. The number of halogens is 2. The Bertz CT molecular complexity index is 43.3. The number of rotatable bonds is 2. The van der Waals surface area contributed by atoms with Crippen LogP contribution in [0, 0.1) is 0 Å². The van der Waals surface area contributed by atoms with Crippen molar-refractivity contribution >= 4 is 68.2 Å². The minimum Gasteiger partial charge on any atom is -0.355 e. The van der Waals surface area contributed by atoms with Crippen molar-refractivity contribution in [2.24, 2.45) is 0 Å². The first-order chi connectivity index (χ1) is 3.13. The van der Waals surface area contributed by atoms with Crippen LogP contribution in [0.25, 0.3) is 0 Å². The second-order valence-electron chi connectivity index (χ2n) is 1.22. The minimum absolute atomic E-state index is 0. The lowest BCUT2D eigenvalue weighted by atomic mass is 10.8. The van der Waals surface area contributed by atoms with Crippen molar-refractivity contribution in [3.8, 4) is 0 Å². The van der Waals surface area contributed by atoms with Gasteiger partial charge in [0.15, 0.2) is 0 Å². The van der Waals surface area contributed by atoms with E-state index >= 15 is 0 Å². The maximum Gasteiger partial charge on any atom is 0.107 e. The summed E-state index contributed by atoms with van der Waals surface area (Å²) in [4.78, 5) is 0. The molecule has 0 spiro atoms. The van der Waals surface area contributed by atoms with Crippen LogP contribution < -0.4 is 0 Å². The van der Waals surface area contributed by atoms with Crippen LogP contribution in [0.2, 0.25) is 0 Å². The third-order valence-corrected chi connectivity index (χ3v) is 0.962. The molecule has 0 aromatic rings. The second-order valence-corrected chi connectivity index (χ2v) is 4.73. The van der Waals surface area contributed by atoms with E-state index in [0.29, 0.717) is 8.22 Å². The Balaban J connectivity index is 0. The maximum atomic E-state index is 5.22. The minimum atomic E-state index is 0. The predicted octanol–water partition coefficient (Wildman–Crippen LogP) is 2.18. The van der Waals surface area contributed by atoms with Gasteiger partial charge in [-0.15, -0.1) is 0 Å². The van der Waals surface area contributed by atoms with E-state index in [1.807, 2.05) is 13.8 Å². The molecule has 1 nitrogen and oxygen atoms in total. The summed E-state index contributed by atoms with van der Waals surface area (Å²) >= 11 is 4.46. The van der Waals surface area contributed by atoms with Crippen molar-refractivity contribution in [1.82, 2.24) is 0 Å². The molecule has 0 aliphatic carbocycles. The van der Waals surface area contributed by atoms with Gasteiger partial charge in [-0.1, -0.05) is 45.2 Å². The number of hydrogen-bond donors (Lipinski definition) is 0.